The maximum atomic E-state index is 11.0. The molecule has 0 saturated carbocycles. The first-order valence-corrected chi connectivity index (χ1v) is 4.91. The van der Waals surface area contributed by atoms with Gasteiger partial charge in [0.05, 0.1) is 11.8 Å². The molecule has 0 spiro atoms. The van der Waals surface area contributed by atoms with Crippen molar-refractivity contribution in [2.75, 3.05) is 0 Å². The van der Waals surface area contributed by atoms with E-state index in [1.807, 2.05) is 11.4 Å². The first-order chi connectivity index (χ1) is 7.82. The second kappa shape index (κ2) is 4.95. The van der Waals surface area contributed by atoms with E-state index in [1.165, 1.54) is 17.7 Å². The number of aromatic nitrogens is 2. The second-order valence-electron chi connectivity index (χ2n) is 2.67. The zero-order chi connectivity index (χ0) is 13.1. The first-order valence-electron chi connectivity index (χ1n) is 4.03. The summed E-state index contributed by atoms with van der Waals surface area (Å²) in [5.74, 6) is -2.76. The fraction of sp³-hybridized carbons (Fsp3) is 0.125. The molecule has 9 heteroatoms. The lowest BCUT2D eigenvalue weighted by atomic mass is 10.5. The highest BCUT2D eigenvalue weighted by Crippen LogP contribution is 2.13. The molecule has 0 aromatic carbocycles. The van der Waals surface area contributed by atoms with Crippen LogP contribution in [0.1, 0.15) is 0 Å². The summed E-state index contributed by atoms with van der Waals surface area (Å²) < 4.78 is 32.4. The van der Waals surface area contributed by atoms with E-state index in [9.17, 15) is 18.0 Å². The van der Waals surface area contributed by atoms with Gasteiger partial charge >= 0.3 is 12.1 Å². The number of aromatic amines is 1. The van der Waals surface area contributed by atoms with Gasteiger partial charge in [-0.15, -0.1) is 11.3 Å². The molecule has 2 aromatic rings. The van der Waals surface area contributed by atoms with Crippen molar-refractivity contribution < 1.29 is 23.1 Å². The third kappa shape index (κ3) is 3.55. The molecule has 92 valence electrons. The van der Waals surface area contributed by atoms with Crippen LogP contribution in [0.15, 0.2) is 22.6 Å². The summed E-state index contributed by atoms with van der Waals surface area (Å²) in [5.41, 5.74) is 0.716. The lowest BCUT2D eigenvalue weighted by Crippen LogP contribution is -2.21. The first kappa shape index (κ1) is 13.2. The van der Waals surface area contributed by atoms with Gasteiger partial charge in [0.1, 0.15) is 4.70 Å². The molecule has 0 aliphatic heterocycles. The summed E-state index contributed by atoms with van der Waals surface area (Å²) in [7, 11) is 0. The van der Waals surface area contributed by atoms with E-state index in [4.69, 9.17) is 9.90 Å². The lowest BCUT2D eigenvalue weighted by molar-refractivity contribution is -0.192. The van der Waals surface area contributed by atoms with Gasteiger partial charge in [-0.3, -0.25) is 4.79 Å². The van der Waals surface area contributed by atoms with Crippen molar-refractivity contribution in [3.8, 4) is 0 Å². The molecule has 2 rings (SSSR count). The normalized spacial score (nSPS) is 10.8. The number of aliphatic carboxylic acids is 1. The van der Waals surface area contributed by atoms with Crippen molar-refractivity contribution in [3.63, 3.8) is 0 Å². The van der Waals surface area contributed by atoms with Crippen LogP contribution < -0.4 is 5.56 Å². The van der Waals surface area contributed by atoms with Crippen LogP contribution in [0.5, 0.6) is 0 Å². The summed E-state index contributed by atoms with van der Waals surface area (Å²) in [5, 5.41) is 8.98. The predicted molar refractivity (Wildman–Crippen MR) is 53.9 cm³/mol. The minimum Gasteiger partial charge on any atom is -0.475 e. The van der Waals surface area contributed by atoms with Crippen LogP contribution in [0, 0.1) is 0 Å². The van der Waals surface area contributed by atoms with E-state index < -0.39 is 12.1 Å². The third-order valence-electron chi connectivity index (χ3n) is 1.49. The average Bonchev–Trinajstić information content (AvgIpc) is 2.66. The van der Waals surface area contributed by atoms with Gasteiger partial charge < -0.3 is 10.1 Å². The SMILES string of the molecule is O=C(O)C(F)(F)F.O=c1[nH]cnc2ccsc12. The highest BCUT2D eigenvalue weighted by Gasteiger charge is 2.38. The Balaban J connectivity index is 0.000000185. The molecule has 0 saturated heterocycles. The van der Waals surface area contributed by atoms with Gasteiger partial charge in [-0.2, -0.15) is 13.2 Å². The van der Waals surface area contributed by atoms with Crippen LogP contribution in [0.25, 0.3) is 10.2 Å². The van der Waals surface area contributed by atoms with Crippen molar-refractivity contribution in [1.82, 2.24) is 9.97 Å². The molecular weight excluding hydrogens is 261 g/mol. The Bertz CT molecular complexity index is 575. The topological polar surface area (TPSA) is 83.0 Å². The second-order valence-corrected chi connectivity index (χ2v) is 3.59. The van der Waals surface area contributed by atoms with Gasteiger partial charge in [0.2, 0.25) is 0 Å². The standard InChI is InChI=1S/C6H4N2OS.C2HF3O2/c9-6-5-4(1-2-10-5)7-3-8-6;3-2(4,5)1(6)7/h1-3H,(H,7,8,9);(H,6,7). The van der Waals surface area contributed by atoms with E-state index in [0.717, 1.165) is 5.52 Å². The molecule has 17 heavy (non-hydrogen) atoms. The Hall–Kier alpha value is -1.90. The number of halogens is 3. The van der Waals surface area contributed by atoms with Crippen molar-refractivity contribution in [2.24, 2.45) is 0 Å². The Morgan fingerprint density at radius 1 is 1.47 bits per heavy atom. The quantitative estimate of drug-likeness (QED) is 0.759. The number of H-pyrrole nitrogens is 1. The van der Waals surface area contributed by atoms with Crippen LogP contribution in [0.2, 0.25) is 0 Å². The molecule has 5 nitrogen and oxygen atoms in total. The predicted octanol–water partition coefficient (Wildman–Crippen LogP) is 1.62. The monoisotopic (exact) mass is 266 g/mol. The number of carbonyl (C=O) groups is 1. The molecule has 0 aliphatic rings. The van der Waals surface area contributed by atoms with Gasteiger partial charge in [0.15, 0.2) is 0 Å². The number of thiophene rings is 1. The van der Waals surface area contributed by atoms with E-state index >= 15 is 0 Å². The Kier molecular flexibility index (Phi) is 3.84. The fourth-order valence-corrected chi connectivity index (χ4v) is 1.54. The van der Waals surface area contributed by atoms with Crippen LogP contribution >= 0.6 is 11.3 Å². The van der Waals surface area contributed by atoms with Crippen molar-refractivity contribution in [1.29, 1.82) is 0 Å². The van der Waals surface area contributed by atoms with Crippen LogP contribution in [-0.2, 0) is 4.79 Å². The number of nitrogens with one attached hydrogen (secondary N) is 1. The largest absolute Gasteiger partial charge is 0.490 e. The number of rotatable bonds is 0. The van der Waals surface area contributed by atoms with E-state index in [2.05, 4.69) is 9.97 Å². The van der Waals surface area contributed by atoms with Crippen LogP contribution in [-0.4, -0.2) is 27.2 Å². The number of hydrogen-bond donors (Lipinski definition) is 2. The third-order valence-corrected chi connectivity index (χ3v) is 2.39. The number of nitrogens with zero attached hydrogens (tertiary/aromatic N) is 1. The van der Waals surface area contributed by atoms with E-state index in [1.54, 1.807) is 0 Å². The summed E-state index contributed by atoms with van der Waals surface area (Å²) in [4.78, 5) is 26.3. The average molecular weight is 266 g/mol. The molecule has 0 amide bonds. The van der Waals surface area contributed by atoms with Gasteiger partial charge in [0.25, 0.3) is 5.56 Å². The Morgan fingerprint density at radius 3 is 2.53 bits per heavy atom. The van der Waals surface area contributed by atoms with E-state index in [0.29, 0.717) is 4.70 Å². The Morgan fingerprint density at radius 2 is 2.06 bits per heavy atom. The molecule has 0 bridgehead atoms. The maximum Gasteiger partial charge on any atom is 0.490 e. The summed E-state index contributed by atoms with van der Waals surface area (Å²) in [6.07, 6.45) is -3.67. The molecule has 0 atom stereocenters. The fourth-order valence-electron chi connectivity index (χ4n) is 0.800. The molecule has 0 radical (unpaired) electrons. The van der Waals surface area contributed by atoms with Crippen molar-refractivity contribution in [3.05, 3.63) is 28.1 Å². The molecular formula is C8H5F3N2O3S. The van der Waals surface area contributed by atoms with Gasteiger partial charge in [-0.05, 0) is 11.4 Å². The van der Waals surface area contributed by atoms with Crippen LogP contribution in [0.4, 0.5) is 13.2 Å². The summed E-state index contributed by atoms with van der Waals surface area (Å²) in [6, 6.07) is 1.83. The summed E-state index contributed by atoms with van der Waals surface area (Å²) >= 11 is 1.41. The zero-order valence-electron chi connectivity index (χ0n) is 7.99. The number of hydrogen-bond acceptors (Lipinski definition) is 4. The zero-order valence-corrected chi connectivity index (χ0v) is 8.80. The molecule has 2 aromatic heterocycles. The van der Waals surface area contributed by atoms with Crippen molar-refractivity contribution in [2.45, 2.75) is 6.18 Å². The van der Waals surface area contributed by atoms with Gasteiger partial charge in [-0.25, -0.2) is 9.78 Å². The van der Waals surface area contributed by atoms with Crippen LogP contribution in [0.3, 0.4) is 0 Å². The number of carboxylic acids is 1. The molecule has 0 aliphatic carbocycles. The molecule has 2 heterocycles. The number of carboxylic acid groups (broad SMARTS) is 1. The highest BCUT2D eigenvalue weighted by molar-refractivity contribution is 7.17. The van der Waals surface area contributed by atoms with Gasteiger partial charge in [0, 0.05) is 0 Å². The maximum absolute atomic E-state index is 11.0. The summed E-state index contributed by atoms with van der Waals surface area (Å²) in [6.45, 7) is 0. The highest BCUT2D eigenvalue weighted by atomic mass is 32.1. The number of fused-ring (bicyclic) bond motifs is 1. The smallest absolute Gasteiger partial charge is 0.475 e. The number of alkyl halides is 3. The minimum atomic E-state index is -5.08. The molecule has 0 fully saturated rings. The minimum absolute atomic E-state index is 0.0556. The van der Waals surface area contributed by atoms with Gasteiger partial charge in [-0.1, -0.05) is 0 Å². The molecule has 2 N–H and O–H groups in total. The van der Waals surface area contributed by atoms with Crippen molar-refractivity contribution >= 4 is 27.5 Å². The van der Waals surface area contributed by atoms with E-state index in [-0.39, 0.29) is 5.56 Å². The lowest BCUT2D eigenvalue weighted by Gasteiger charge is -1.93. The Labute approximate surface area is 95.5 Å². The molecule has 0 unspecified atom stereocenters.